The van der Waals surface area contributed by atoms with E-state index in [9.17, 15) is 4.79 Å². The molecular formula is C18H18ClN3O2S. The van der Waals surface area contributed by atoms with E-state index in [-0.39, 0.29) is 5.91 Å². The molecule has 2 N–H and O–H groups in total. The van der Waals surface area contributed by atoms with E-state index in [0.29, 0.717) is 28.2 Å². The highest BCUT2D eigenvalue weighted by molar-refractivity contribution is 7.80. The molecule has 0 atom stereocenters. The molecule has 1 amide bonds. The highest BCUT2D eigenvalue weighted by atomic mass is 35.5. The minimum atomic E-state index is -0.223. The predicted molar refractivity (Wildman–Crippen MR) is 103 cm³/mol. The summed E-state index contributed by atoms with van der Waals surface area (Å²) in [5.41, 5.74) is 4.34. The van der Waals surface area contributed by atoms with Gasteiger partial charge in [0.15, 0.2) is 5.11 Å². The number of thiocarbonyl (C=S) groups is 1. The molecule has 0 spiro atoms. The maximum atomic E-state index is 11.8. The molecular weight excluding hydrogens is 358 g/mol. The molecule has 1 fully saturated rings. The van der Waals surface area contributed by atoms with Crippen LogP contribution >= 0.6 is 23.8 Å². The lowest BCUT2D eigenvalue weighted by Crippen LogP contribution is -2.21. The van der Waals surface area contributed by atoms with E-state index < -0.39 is 0 Å². The second kappa shape index (κ2) is 6.90. The third kappa shape index (κ3) is 3.41. The van der Waals surface area contributed by atoms with Crippen LogP contribution in [0.15, 0.2) is 30.0 Å². The van der Waals surface area contributed by atoms with Crippen LogP contribution in [0.2, 0.25) is 5.02 Å². The van der Waals surface area contributed by atoms with Gasteiger partial charge in [-0.2, -0.15) is 0 Å². The summed E-state index contributed by atoms with van der Waals surface area (Å²) in [6.07, 6.45) is 1.80. The molecule has 7 heteroatoms. The van der Waals surface area contributed by atoms with Gasteiger partial charge in [-0.1, -0.05) is 11.6 Å². The minimum Gasteiger partial charge on any atom is -0.492 e. The van der Waals surface area contributed by atoms with Crippen LogP contribution < -0.4 is 15.4 Å². The maximum Gasteiger partial charge on any atom is 0.273 e. The number of carbonyl (C=O) groups is 1. The fourth-order valence-corrected chi connectivity index (χ4v) is 3.30. The fourth-order valence-electron chi connectivity index (χ4n) is 2.87. The van der Waals surface area contributed by atoms with E-state index in [1.807, 2.05) is 45.0 Å². The van der Waals surface area contributed by atoms with Crippen molar-refractivity contribution >= 4 is 40.9 Å². The summed E-state index contributed by atoms with van der Waals surface area (Å²) in [5.74, 6) is 0.442. The molecule has 0 bridgehead atoms. The van der Waals surface area contributed by atoms with E-state index in [4.69, 9.17) is 28.6 Å². The summed E-state index contributed by atoms with van der Waals surface area (Å²) in [6, 6.07) is 7.72. The molecule has 3 rings (SSSR count). The van der Waals surface area contributed by atoms with Gasteiger partial charge < -0.3 is 14.6 Å². The van der Waals surface area contributed by atoms with Crippen molar-refractivity contribution < 1.29 is 9.53 Å². The number of hydrogen-bond acceptors (Lipinski definition) is 3. The topological polar surface area (TPSA) is 55.3 Å². The highest BCUT2D eigenvalue weighted by Gasteiger charge is 2.21. The van der Waals surface area contributed by atoms with Gasteiger partial charge in [-0.25, -0.2) is 0 Å². The Morgan fingerprint density at radius 3 is 2.64 bits per heavy atom. The van der Waals surface area contributed by atoms with Gasteiger partial charge in [-0.15, -0.1) is 0 Å². The Morgan fingerprint density at radius 1 is 1.28 bits per heavy atom. The molecule has 5 nitrogen and oxygen atoms in total. The van der Waals surface area contributed by atoms with Crippen LogP contribution in [0, 0.1) is 13.8 Å². The number of ether oxygens (including phenoxy) is 1. The molecule has 1 saturated heterocycles. The Labute approximate surface area is 156 Å². The van der Waals surface area contributed by atoms with Crippen molar-refractivity contribution in [3.8, 4) is 11.4 Å². The first kappa shape index (κ1) is 17.5. The molecule has 0 saturated carbocycles. The summed E-state index contributed by atoms with van der Waals surface area (Å²) in [5, 5.41) is 6.31. The number of aromatic nitrogens is 1. The van der Waals surface area contributed by atoms with Crippen LogP contribution in [-0.4, -0.2) is 22.2 Å². The van der Waals surface area contributed by atoms with Crippen LogP contribution in [0.25, 0.3) is 11.8 Å². The molecule has 1 aliphatic rings. The standard InChI is InChI=1S/C18H18ClN3O2S/c1-4-24-16-6-5-13(9-14(16)19)22-10(2)7-12(11(22)3)8-15-17(23)21-18(25)20-15/h5-9H,4H2,1-3H3,(H2,20,21,23,25)/b15-8+. The molecule has 0 aliphatic carbocycles. The third-order valence-corrected chi connectivity index (χ3v) is 4.46. The summed E-state index contributed by atoms with van der Waals surface area (Å²) >= 11 is 11.3. The zero-order chi connectivity index (χ0) is 18.1. The van der Waals surface area contributed by atoms with Crippen LogP contribution in [0.4, 0.5) is 0 Å². The number of hydrogen-bond donors (Lipinski definition) is 2. The Bertz CT molecular complexity index is 902. The van der Waals surface area contributed by atoms with Crippen molar-refractivity contribution in [2.24, 2.45) is 0 Å². The van der Waals surface area contributed by atoms with Gasteiger partial charge >= 0.3 is 0 Å². The SMILES string of the molecule is CCOc1ccc(-n2c(C)cc(/C=C3/NC(=S)NC3=O)c2C)cc1Cl. The monoisotopic (exact) mass is 375 g/mol. The first-order chi connectivity index (χ1) is 11.9. The first-order valence-electron chi connectivity index (χ1n) is 7.86. The van der Waals surface area contributed by atoms with E-state index in [2.05, 4.69) is 15.2 Å². The van der Waals surface area contributed by atoms with Gasteiger partial charge in [-0.05, 0) is 68.9 Å². The van der Waals surface area contributed by atoms with E-state index in [1.54, 1.807) is 6.08 Å². The molecule has 1 aliphatic heterocycles. The molecule has 2 heterocycles. The zero-order valence-electron chi connectivity index (χ0n) is 14.1. The second-order valence-corrected chi connectivity index (χ2v) is 6.49. The molecule has 1 aromatic heterocycles. The van der Waals surface area contributed by atoms with Gasteiger partial charge in [0.2, 0.25) is 0 Å². The molecule has 1 aromatic carbocycles. The number of carbonyl (C=O) groups excluding carboxylic acids is 1. The van der Waals surface area contributed by atoms with Crippen LogP contribution in [0.1, 0.15) is 23.9 Å². The third-order valence-electron chi connectivity index (χ3n) is 3.96. The van der Waals surface area contributed by atoms with Crippen molar-refractivity contribution in [2.45, 2.75) is 20.8 Å². The molecule has 0 unspecified atom stereocenters. The van der Waals surface area contributed by atoms with Gasteiger partial charge in [0.05, 0.1) is 11.6 Å². The van der Waals surface area contributed by atoms with E-state index in [0.717, 1.165) is 22.6 Å². The fraction of sp³-hybridized carbons (Fsp3) is 0.222. The van der Waals surface area contributed by atoms with Crippen molar-refractivity contribution in [3.63, 3.8) is 0 Å². The number of nitrogens with zero attached hydrogens (tertiary/aromatic N) is 1. The highest BCUT2D eigenvalue weighted by Crippen LogP contribution is 2.30. The number of halogens is 1. The lowest BCUT2D eigenvalue weighted by atomic mass is 10.2. The number of amides is 1. The number of nitrogens with one attached hydrogen (secondary N) is 2. The summed E-state index contributed by atoms with van der Waals surface area (Å²) in [6.45, 7) is 6.49. The lowest BCUT2D eigenvalue weighted by molar-refractivity contribution is -0.115. The minimum absolute atomic E-state index is 0.223. The van der Waals surface area contributed by atoms with Gasteiger partial charge in [0.1, 0.15) is 11.4 Å². The quantitative estimate of drug-likeness (QED) is 0.634. The smallest absolute Gasteiger partial charge is 0.273 e. The second-order valence-electron chi connectivity index (χ2n) is 5.68. The van der Waals surface area contributed by atoms with Crippen LogP contribution in [0.3, 0.4) is 0 Å². The maximum absolute atomic E-state index is 11.8. The largest absolute Gasteiger partial charge is 0.492 e. The van der Waals surface area contributed by atoms with E-state index in [1.165, 1.54) is 0 Å². The average Bonchev–Trinajstić information content (AvgIpc) is 3.01. The average molecular weight is 376 g/mol. The van der Waals surface area contributed by atoms with Gasteiger partial charge in [-0.3, -0.25) is 10.1 Å². The molecule has 2 aromatic rings. The summed E-state index contributed by atoms with van der Waals surface area (Å²) < 4.78 is 7.57. The Morgan fingerprint density at radius 2 is 2.04 bits per heavy atom. The predicted octanol–water partition coefficient (Wildman–Crippen LogP) is 3.49. The zero-order valence-corrected chi connectivity index (χ0v) is 15.7. The van der Waals surface area contributed by atoms with Crippen molar-refractivity contribution in [3.05, 3.63) is 51.9 Å². The summed E-state index contributed by atoms with van der Waals surface area (Å²) in [7, 11) is 0. The van der Waals surface area contributed by atoms with Gasteiger partial charge in [0, 0.05) is 17.1 Å². The normalized spacial score (nSPS) is 15.4. The Hall–Kier alpha value is -2.31. The van der Waals surface area contributed by atoms with Crippen LogP contribution in [-0.2, 0) is 4.79 Å². The Balaban J connectivity index is 2.01. The summed E-state index contributed by atoms with van der Waals surface area (Å²) in [4.78, 5) is 11.8. The number of rotatable bonds is 4. The van der Waals surface area contributed by atoms with Gasteiger partial charge in [0.25, 0.3) is 5.91 Å². The molecule has 130 valence electrons. The van der Waals surface area contributed by atoms with Crippen molar-refractivity contribution in [1.29, 1.82) is 0 Å². The molecule has 25 heavy (non-hydrogen) atoms. The number of benzene rings is 1. The Kier molecular flexibility index (Phi) is 4.83. The first-order valence-corrected chi connectivity index (χ1v) is 8.65. The van der Waals surface area contributed by atoms with Crippen molar-refractivity contribution in [1.82, 2.24) is 15.2 Å². The van der Waals surface area contributed by atoms with E-state index >= 15 is 0 Å². The van der Waals surface area contributed by atoms with Crippen molar-refractivity contribution in [2.75, 3.05) is 6.61 Å². The van der Waals surface area contributed by atoms with Crippen LogP contribution in [0.5, 0.6) is 5.75 Å². The number of aryl methyl sites for hydroxylation is 1. The lowest BCUT2D eigenvalue weighted by Gasteiger charge is -2.12. The molecule has 0 radical (unpaired) electrons.